The van der Waals surface area contributed by atoms with Crippen LogP contribution in [0.5, 0.6) is 5.75 Å². The van der Waals surface area contributed by atoms with Gasteiger partial charge in [-0.2, -0.15) is 0 Å². The van der Waals surface area contributed by atoms with Crippen molar-refractivity contribution in [3.63, 3.8) is 0 Å². The van der Waals surface area contributed by atoms with E-state index in [1.54, 1.807) is 18.4 Å². The van der Waals surface area contributed by atoms with E-state index in [-0.39, 0.29) is 6.04 Å². The number of anilines is 1. The molecule has 0 fully saturated rings. The Kier molecular flexibility index (Phi) is 4.62. The standard InChI is InChI=1S/C15H21N3OS/c1-9-6-7-12(19-5)11(8-9)13-14(10(2)16-3)20-15(17-4)18-13/h6-8,10,16H,1-5H3,(H,17,18). The van der Waals surface area contributed by atoms with Crippen molar-refractivity contribution >= 4 is 16.5 Å². The van der Waals surface area contributed by atoms with Crippen LogP contribution in [-0.2, 0) is 0 Å². The number of methoxy groups -OCH3 is 1. The minimum Gasteiger partial charge on any atom is -0.496 e. The number of thiazole rings is 1. The van der Waals surface area contributed by atoms with E-state index in [1.165, 1.54) is 10.4 Å². The summed E-state index contributed by atoms with van der Waals surface area (Å²) in [4.78, 5) is 5.91. The Balaban J connectivity index is 2.61. The number of rotatable bonds is 5. The Labute approximate surface area is 124 Å². The molecule has 0 bridgehead atoms. The van der Waals surface area contributed by atoms with E-state index >= 15 is 0 Å². The molecule has 4 nitrogen and oxygen atoms in total. The number of aromatic nitrogens is 1. The van der Waals surface area contributed by atoms with Crippen molar-refractivity contribution in [1.82, 2.24) is 10.3 Å². The average Bonchev–Trinajstić information content (AvgIpc) is 2.90. The SMILES string of the molecule is CNc1nc(-c2cc(C)ccc2OC)c(C(C)NC)s1. The molecule has 2 rings (SSSR count). The first-order valence-electron chi connectivity index (χ1n) is 6.61. The molecule has 0 saturated heterocycles. The molecular formula is C15H21N3OS. The minimum atomic E-state index is 0.245. The zero-order chi connectivity index (χ0) is 14.7. The van der Waals surface area contributed by atoms with Crippen molar-refractivity contribution < 1.29 is 4.74 Å². The molecule has 1 atom stereocenters. The number of benzene rings is 1. The van der Waals surface area contributed by atoms with Crippen molar-refractivity contribution in [1.29, 1.82) is 0 Å². The first kappa shape index (κ1) is 14.8. The molecule has 1 heterocycles. The Morgan fingerprint density at radius 1 is 1.30 bits per heavy atom. The Hall–Kier alpha value is -1.59. The largest absolute Gasteiger partial charge is 0.496 e. The third-order valence-corrected chi connectivity index (χ3v) is 4.56. The fraction of sp³-hybridized carbons (Fsp3) is 0.400. The maximum Gasteiger partial charge on any atom is 0.183 e. The maximum absolute atomic E-state index is 5.49. The second-order valence-electron chi connectivity index (χ2n) is 4.70. The number of ether oxygens (including phenoxy) is 1. The van der Waals surface area contributed by atoms with Gasteiger partial charge in [0.05, 0.1) is 17.7 Å². The normalized spacial score (nSPS) is 12.2. The van der Waals surface area contributed by atoms with Crippen LogP contribution in [0, 0.1) is 6.92 Å². The molecule has 0 spiro atoms. The van der Waals surface area contributed by atoms with Gasteiger partial charge >= 0.3 is 0 Å². The molecule has 1 aromatic heterocycles. The quantitative estimate of drug-likeness (QED) is 0.885. The van der Waals surface area contributed by atoms with Crippen LogP contribution in [0.15, 0.2) is 18.2 Å². The first-order valence-corrected chi connectivity index (χ1v) is 7.43. The van der Waals surface area contributed by atoms with Crippen molar-refractivity contribution in [2.24, 2.45) is 0 Å². The van der Waals surface area contributed by atoms with Crippen LogP contribution in [0.4, 0.5) is 5.13 Å². The van der Waals surface area contributed by atoms with Gasteiger partial charge in [-0.3, -0.25) is 0 Å². The van der Waals surface area contributed by atoms with Gasteiger partial charge in [0.2, 0.25) is 0 Å². The van der Waals surface area contributed by atoms with Crippen LogP contribution in [0.2, 0.25) is 0 Å². The van der Waals surface area contributed by atoms with Gasteiger partial charge in [-0.1, -0.05) is 23.0 Å². The third-order valence-electron chi connectivity index (χ3n) is 3.30. The van der Waals surface area contributed by atoms with E-state index < -0.39 is 0 Å². The average molecular weight is 291 g/mol. The Morgan fingerprint density at radius 2 is 2.05 bits per heavy atom. The van der Waals surface area contributed by atoms with Gasteiger partial charge in [0.25, 0.3) is 0 Å². The second kappa shape index (κ2) is 6.24. The van der Waals surface area contributed by atoms with E-state index in [2.05, 4.69) is 36.6 Å². The lowest BCUT2D eigenvalue weighted by atomic mass is 10.0. The van der Waals surface area contributed by atoms with Gasteiger partial charge in [0, 0.05) is 18.7 Å². The predicted octanol–water partition coefficient (Wildman–Crippen LogP) is 3.45. The summed E-state index contributed by atoms with van der Waals surface area (Å²) in [5, 5.41) is 7.33. The minimum absolute atomic E-state index is 0.245. The van der Waals surface area contributed by atoms with E-state index in [0.717, 1.165) is 22.1 Å². The molecule has 20 heavy (non-hydrogen) atoms. The van der Waals surface area contributed by atoms with Crippen molar-refractivity contribution in [3.8, 4) is 17.0 Å². The monoisotopic (exact) mass is 291 g/mol. The molecule has 108 valence electrons. The van der Waals surface area contributed by atoms with Crippen molar-refractivity contribution in [3.05, 3.63) is 28.6 Å². The van der Waals surface area contributed by atoms with E-state index in [4.69, 9.17) is 9.72 Å². The van der Waals surface area contributed by atoms with Crippen LogP contribution < -0.4 is 15.4 Å². The highest BCUT2D eigenvalue weighted by Gasteiger charge is 2.19. The lowest BCUT2D eigenvalue weighted by molar-refractivity contribution is 0.416. The topological polar surface area (TPSA) is 46.2 Å². The van der Waals surface area contributed by atoms with Crippen molar-refractivity contribution in [2.75, 3.05) is 26.5 Å². The summed E-state index contributed by atoms with van der Waals surface area (Å²) >= 11 is 1.67. The molecule has 1 aromatic carbocycles. The summed E-state index contributed by atoms with van der Waals surface area (Å²) in [7, 11) is 5.55. The summed E-state index contributed by atoms with van der Waals surface area (Å²) in [5.74, 6) is 0.855. The van der Waals surface area contributed by atoms with E-state index in [1.807, 2.05) is 20.2 Å². The van der Waals surface area contributed by atoms with E-state index in [9.17, 15) is 0 Å². The molecule has 0 aliphatic rings. The Bertz CT molecular complexity index is 595. The number of hydrogen-bond acceptors (Lipinski definition) is 5. The number of nitrogens with one attached hydrogen (secondary N) is 2. The maximum atomic E-state index is 5.49. The molecule has 5 heteroatoms. The second-order valence-corrected chi connectivity index (χ2v) is 5.73. The van der Waals surface area contributed by atoms with Crippen LogP contribution in [0.25, 0.3) is 11.3 Å². The third kappa shape index (κ3) is 2.78. The molecule has 0 aliphatic heterocycles. The lowest BCUT2D eigenvalue weighted by Crippen LogP contribution is -2.11. The molecule has 0 radical (unpaired) electrons. The fourth-order valence-electron chi connectivity index (χ4n) is 2.06. The van der Waals surface area contributed by atoms with Gasteiger partial charge in [-0.05, 0) is 33.0 Å². The Morgan fingerprint density at radius 3 is 2.65 bits per heavy atom. The highest BCUT2D eigenvalue weighted by atomic mass is 32.1. The van der Waals surface area contributed by atoms with Crippen molar-refractivity contribution in [2.45, 2.75) is 19.9 Å². The predicted molar refractivity (Wildman–Crippen MR) is 85.9 cm³/mol. The van der Waals surface area contributed by atoms with Crippen LogP contribution >= 0.6 is 11.3 Å². The first-order chi connectivity index (χ1) is 9.60. The number of nitrogens with zero attached hydrogens (tertiary/aromatic N) is 1. The van der Waals surface area contributed by atoms with Gasteiger partial charge in [0.1, 0.15) is 5.75 Å². The zero-order valence-electron chi connectivity index (χ0n) is 12.6. The summed E-state index contributed by atoms with van der Waals surface area (Å²) in [6.07, 6.45) is 0. The molecule has 0 amide bonds. The van der Waals surface area contributed by atoms with Crippen LogP contribution in [-0.4, -0.2) is 26.2 Å². The smallest absolute Gasteiger partial charge is 0.183 e. The lowest BCUT2D eigenvalue weighted by Gasteiger charge is -2.12. The molecule has 1 unspecified atom stereocenters. The summed E-state index contributed by atoms with van der Waals surface area (Å²) in [6, 6.07) is 6.42. The number of hydrogen-bond donors (Lipinski definition) is 2. The molecular weight excluding hydrogens is 270 g/mol. The van der Waals surface area contributed by atoms with Gasteiger partial charge in [-0.25, -0.2) is 4.98 Å². The van der Waals surface area contributed by atoms with Gasteiger partial charge in [0.15, 0.2) is 5.13 Å². The van der Waals surface area contributed by atoms with Gasteiger partial charge in [-0.15, -0.1) is 0 Å². The summed E-state index contributed by atoms with van der Waals surface area (Å²) < 4.78 is 5.49. The number of aryl methyl sites for hydroxylation is 1. The molecule has 0 aliphatic carbocycles. The van der Waals surface area contributed by atoms with Gasteiger partial charge < -0.3 is 15.4 Å². The summed E-state index contributed by atoms with van der Waals surface area (Å²) in [5.41, 5.74) is 3.23. The van der Waals surface area contributed by atoms with Crippen LogP contribution in [0.3, 0.4) is 0 Å². The highest BCUT2D eigenvalue weighted by molar-refractivity contribution is 7.16. The fourth-order valence-corrected chi connectivity index (χ4v) is 3.06. The van der Waals surface area contributed by atoms with E-state index in [0.29, 0.717) is 0 Å². The molecule has 0 saturated carbocycles. The molecule has 2 aromatic rings. The highest BCUT2D eigenvalue weighted by Crippen LogP contribution is 2.39. The van der Waals surface area contributed by atoms with Crippen LogP contribution in [0.1, 0.15) is 23.4 Å². The summed E-state index contributed by atoms with van der Waals surface area (Å²) in [6.45, 7) is 4.22. The molecule has 2 N–H and O–H groups in total. The zero-order valence-corrected chi connectivity index (χ0v) is 13.4.